The Labute approximate surface area is 156 Å². The third-order valence-electron chi connectivity index (χ3n) is 3.51. The minimum atomic E-state index is -5.57. The molecule has 0 aromatic rings. The van der Waals surface area contributed by atoms with Crippen LogP contribution in [0.25, 0.3) is 0 Å². The van der Waals surface area contributed by atoms with Crippen molar-refractivity contribution < 1.29 is 60.6 Å². The lowest BCUT2D eigenvalue weighted by Gasteiger charge is -2.28. The van der Waals surface area contributed by atoms with Crippen molar-refractivity contribution in [3.05, 3.63) is 0 Å². The van der Waals surface area contributed by atoms with Gasteiger partial charge in [0.15, 0.2) is 6.29 Å². The molecule has 0 aromatic carbocycles. The Balaban J connectivity index is 1.89. The van der Waals surface area contributed by atoms with Crippen LogP contribution in [0, 0.1) is 0 Å². The van der Waals surface area contributed by atoms with E-state index < -0.39 is 54.6 Å². The molecule has 4 N–H and O–H groups in total. The second-order valence-corrected chi connectivity index (χ2v) is 10.2. The standard InChI is InChI=1S/C10H20BO13P3/c11-9-5-7(22-10-3-1-2-4-19-10)8(21-9)6-20-26(15,16)24-27(17,18)23-25(12,13)14/h7-10H,1-6H2,(H,15,16)(H,17,18)(H2,12,13,14). The summed E-state index contributed by atoms with van der Waals surface area (Å²) in [5, 5.41) is 0. The molecule has 0 saturated carbocycles. The van der Waals surface area contributed by atoms with Crippen LogP contribution in [0.4, 0.5) is 0 Å². The molecular formula is C10H20BO13P3. The Bertz CT molecular complexity index is 634. The van der Waals surface area contributed by atoms with Gasteiger partial charge in [-0.05, 0) is 25.7 Å². The predicted octanol–water partition coefficient (Wildman–Crippen LogP) is 0.525. The topological polar surface area (TPSA) is 188 Å². The molecule has 0 spiro atoms. The zero-order valence-corrected chi connectivity index (χ0v) is 16.6. The summed E-state index contributed by atoms with van der Waals surface area (Å²) in [6.45, 7) is -0.0781. The zero-order valence-electron chi connectivity index (χ0n) is 13.9. The van der Waals surface area contributed by atoms with Gasteiger partial charge in [0.05, 0.1) is 12.7 Å². The van der Waals surface area contributed by atoms with Crippen LogP contribution < -0.4 is 0 Å². The van der Waals surface area contributed by atoms with Crippen molar-refractivity contribution in [3.63, 3.8) is 0 Å². The number of phosphoric acid groups is 3. The van der Waals surface area contributed by atoms with E-state index in [1.807, 2.05) is 0 Å². The minimum Gasteiger partial charge on any atom is -0.380 e. The van der Waals surface area contributed by atoms with E-state index in [1.54, 1.807) is 0 Å². The summed E-state index contributed by atoms with van der Waals surface area (Å²) in [6, 6.07) is -0.729. The predicted molar refractivity (Wildman–Crippen MR) is 87.3 cm³/mol. The lowest BCUT2D eigenvalue weighted by molar-refractivity contribution is -0.198. The summed E-state index contributed by atoms with van der Waals surface area (Å²) in [6.07, 6.45) is 0.725. The first kappa shape index (κ1) is 23.6. The zero-order chi connectivity index (χ0) is 20.3. The third-order valence-corrected chi connectivity index (χ3v) is 7.31. The molecule has 0 aliphatic carbocycles. The summed E-state index contributed by atoms with van der Waals surface area (Å²) in [5.41, 5.74) is 0. The molecule has 0 aromatic heterocycles. The Morgan fingerprint density at radius 2 is 1.74 bits per heavy atom. The highest BCUT2D eigenvalue weighted by Crippen LogP contribution is 2.66. The number of hydrogen-bond donors (Lipinski definition) is 4. The molecule has 2 heterocycles. The van der Waals surface area contributed by atoms with Crippen LogP contribution in [0.15, 0.2) is 0 Å². The van der Waals surface area contributed by atoms with E-state index in [0.717, 1.165) is 12.8 Å². The molecule has 6 unspecified atom stereocenters. The molecule has 17 heteroatoms. The Morgan fingerprint density at radius 1 is 1.04 bits per heavy atom. The van der Waals surface area contributed by atoms with E-state index in [-0.39, 0.29) is 6.42 Å². The molecule has 27 heavy (non-hydrogen) atoms. The van der Waals surface area contributed by atoms with Gasteiger partial charge in [-0.1, -0.05) is 0 Å². The molecule has 6 atom stereocenters. The molecule has 2 rings (SSSR count). The van der Waals surface area contributed by atoms with Crippen LogP contribution in [0.3, 0.4) is 0 Å². The van der Waals surface area contributed by atoms with Gasteiger partial charge in [-0.3, -0.25) is 4.52 Å². The first-order valence-electron chi connectivity index (χ1n) is 7.82. The molecule has 2 aliphatic rings. The van der Waals surface area contributed by atoms with Crippen molar-refractivity contribution in [2.75, 3.05) is 13.2 Å². The van der Waals surface area contributed by atoms with Gasteiger partial charge < -0.3 is 33.8 Å². The average Bonchev–Trinajstić information content (AvgIpc) is 2.82. The second-order valence-electron chi connectivity index (χ2n) is 5.81. The SMILES string of the molecule is [B]C1CC(OC2CCCCO2)C(COP(=O)(O)OP(=O)(O)OP(=O)(O)O)O1. The van der Waals surface area contributed by atoms with E-state index in [4.69, 9.17) is 36.7 Å². The van der Waals surface area contributed by atoms with Crippen LogP contribution in [-0.2, 0) is 41.1 Å². The fraction of sp³-hybridized carbons (Fsp3) is 1.00. The molecule has 2 radical (unpaired) electrons. The Kier molecular flexibility index (Phi) is 8.27. The summed E-state index contributed by atoms with van der Waals surface area (Å²) in [4.78, 5) is 35.5. The molecule has 13 nitrogen and oxygen atoms in total. The summed E-state index contributed by atoms with van der Waals surface area (Å²) in [7, 11) is -10.6. The normalized spacial score (nSPS) is 34.1. The van der Waals surface area contributed by atoms with E-state index in [0.29, 0.717) is 13.0 Å². The Hall–Kier alpha value is 0.355. The Morgan fingerprint density at radius 3 is 2.33 bits per heavy atom. The molecular weight excluding hydrogens is 432 g/mol. The fourth-order valence-corrected chi connectivity index (χ4v) is 5.55. The average molecular weight is 452 g/mol. The summed E-state index contributed by atoms with van der Waals surface area (Å²) in [5.74, 6) is 0. The molecule has 2 saturated heterocycles. The van der Waals surface area contributed by atoms with Gasteiger partial charge in [0.2, 0.25) is 0 Å². The van der Waals surface area contributed by atoms with Gasteiger partial charge >= 0.3 is 23.5 Å². The molecule has 156 valence electrons. The highest BCUT2D eigenvalue weighted by atomic mass is 31.3. The molecule has 2 aliphatic heterocycles. The smallest absolute Gasteiger partial charge is 0.380 e. The van der Waals surface area contributed by atoms with Gasteiger partial charge in [0.25, 0.3) is 0 Å². The largest absolute Gasteiger partial charge is 0.490 e. The van der Waals surface area contributed by atoms with Gasteiger partial charge in [-0.25, -0.2) is 13.7 Å². The maximum Gasteiger partial charge on any atom is 0.490 e. The maximum absolute atomic E-state index is 11.7. The van der Waals surface area contributed by atoms with Gasteiger partial charge in [0.1, 0.15) is 14.0 Å². The van der Waals surface area contributed by atoms with Crippen LogP contribution >= 0.6 is 23.5 Å². The van der Waals surface area contributed by atoms with Crippen molar-refractivity contribution in [1.82, 2.24) is 0 Å². The third kappa shape index (κ3) is 8.71. The summed E-state index contributed by atoms with van der Waals surface area (Å²) >= 11 is 0. The molecule has 0 bridgehead atoms. The summed E-state index contributed by atoms with van der Waals surface area (Å²) < 4.78 is 61.9. The van der Waals surface area contributed by atoms with Crippen LogP contribution in [0.1, 0.15) is 25.7 Å². The van der Waals surface area contributed by atoms with Gasteiger partial charge in [-0.15, -0.1) is 0 Å². The van der Waals surface area contributed by atoms with Crippen molar-refractivity contribution in [2.45, 2.75) is 50.2 Å². The molecule has 2 fully saturated rings. The van der Waals surface area contributed by atoms with E-state index in [9.17, 15) is 18.6 Å². The van der Waals surface area contributed by atoms with Crippen molar-refractivity contribution in [2.24, 2.45) is 0 Å². The number of phosphoric ester groups is 1. The quantitative estimate of drug-likeness (QED) is 0.280. The van der Waals surface area contributed by atoms with Crippen LogP contribution in [0.5, 0.6) is 0 Å². The van der Waals surface area contributed by atoms with Gasteiger partial charge in [-0.2, -0.15) is 8.62 Å². The minimum absolute atomic E-state index is 0.254. The molecule has 0 amide bonds. The number of hydrogen-bond acceptors (Lipinski definition) is 9. The fourth-order valence-electron chi connectivity index (χ4n) is 2.52. The van der Waals surface area contributed by atoms with Crippen LogP contribution in [-0.4, -0.2) is 65.1 Å². The number of ether oxygens (including phenoxy) is 3. The number of rotatable bonds is 9. The van der Waals surface area contributed by atoms with Crippen molar-refractivity contribution in [3.8, 4) is 0 Å². The van der Waals surface area contributed by atoms with Crippen LogP contribution in [0.2, 0.25) is 0 Å². The lowest BCUT2D eigenvalue weighted by Crippen LogP contribution is -2.35. The highest BCUT2D eigenvalue weighted by molar-refractivity contribution is 7.66. The lowest BCUT2D eigenvalue weighted by atomic mass is 9.96. The van der Waals surface area contributed by atoms with E-state index in [2.05, 4.69) is 13.1 Å². The monoisotopic (exact) mass is 452 g/mol. The van der Waals surface area contributed by atoms with Crippen molar-refractivity contribution >= 4 is 31.3 Å². The first-order valence-corrected chi connectivity index (χ1v) is 12.3. The van der Waals surface area contributed by atoms with E-state index >= 15 is 0 Å². The van der Waals surface area contributed by atoms with Crippen molar-refractivity contribution in [1.29, 1.82) is 0 Å². The maximum atomic E-state index is 11.7. The first-order chi connectivity index (χ1) is 12.4. The highest BCUT2D eigenvalue weighted by Gasteiger charge is 2.43. The van der Waals surface area contributed by atoms with Gasteiger partial charge in [0, 0.05) is 12.6 Å². The van der Waals surface area contributed by atoms with E-state index in [1.165, 1.54) is 0 Å². The second kappa shape index (κ2) is 9.44.